The fraction of sp³-hybridized carbons (Fsp3) is 0.848. The summed E-state index contributed by atoms with van der Waals surface area (Å²) in [5.41, 5.74) is 1.60. The topological polar surface area (TPSA) is 77.8 Å². The monoisotopic (exact) mass is 518 g/mol. The van der Waals surface area contributed by atoms with E-state index in [0.717, 1.165) is 24.8 Å². The van der Waals surface area contributed by atoms with E-state index in [1.165, 1.54) is 5.57 Å². The molecule has 0 radical (unpaired) electrons. The summed E-state index contributed by atoms with van der Waals surface area (Å²) in [6.45, 7) is 28.5. The number of allylic oxidation sites excluding steroid dienone is 3. The lowest BCUT2D eigenvalue weighted by Gasteiger charge is -2.57. The highest BCUT2D eigenvalue weighted by molar-refractivity contribution is 5.71. The third-order valence-electron chi connectivity index (χ3n) is 11.9. The molecule has 8 atom stereocenters. The number of aliphatic carboxylic acids is 1. The average Bonchev–Trinajstić information content (AvgIpc) is 3.01. The van der Waals surface area contributed by atoms with Crippen molar-refractivity contribution in [2.75, 3.05) is 0 Å². The van der Waals surface area contributed by atoms with E-state index < -0.39 is 18.0 Å². The van der Waals surface area contributed by atoms with Gasteiger partial charge in [-0.3, -0.25) is 4.79 Å². The maximum absolute atomic E-state index is 12.6. The zero-order chi connectivity index (χ0) is 28.7. The average molecular weight is 519 g/mol. The minimum atomic E-state index is -0.793. The Morgan fingerprint density at radius 3 is 2.16 bits per heavy atom. The van der Waals surface area contributed by atoms with E-state index in [1.807, 2.05) is 6.92 Å². The molecule has 4 nitrogen and oxygen atoms in total. The van der Waals surface area contributed by atoms with Gasteiger partial charge in [0, 0.05) is 5.92 Å². The summed E-state index contributed by atoms with van der Waals surface area (Å²) in [6, 6.07) is 0. The number of aliphatic hydroxyl groups is 2. The number of carboxylic acids is 1. The van der Waals surface area contributed by atoms with E-state index in [1.54, 1.807) is 0 Å². The van der Waals surface area contributed by atoms with Crippen LogP contribution in [-0.2, 0) is 4.79 Å². The van der Waals surface area contributed by atoms with Crippen LogP contribution in [-0.4, -0.2) is 33.5 Å². The first-order chi connectivity index (χ1) is 16.8. The molecule has 4 heteroatoms. The summed E-state index contributed by atoms with van der Waals surface area (Å²) in [5, 5.41) is 32.8. The summed E-state index contributed by atoms with van der Waals surface area (Å²) >= 11 is 0. The maximum Gasteiger partial charge on any atom is 0.306 e. The molecular formula is C33H58O4. The first-order valence-corrected chi connectivity index (χ1v) is 14.8. The lowest BCUT2D eigenvalue weighted by molar-refractivity contribution is -0.149. The number of carboxylic acid groups (broad SMARTS) is 1. The molecule has 0 saturated heterocycles. The number of carbonyl (C=O) groups is 1. The second-order valence-electron chi connectivity index (χ2n) is 14.4. The first kappa shape index (κ1) is 32.1. The van der Waals surface area contributed by atoms with E-state index in [2.05, 4.69) is 81.9 Å². The Balaban J connectivity index is 2.54. The van der Waals surface area contributed by atoms with Crippen molar-refractivity contribution in [1.29, 1.82) is 0 Å². The normalized spacial score (nSPS) is 33.0. The Morgan fingerprint density at radius 2 is 1.70 bits per heavy atom. The predicted octanol–water partition coefficient (Wildman–Crippen LogP) is 7.89. The van der Waals surface area contributed by atoms with Crippen LogP contribution in [0.15, 0.2) is 23.8 Å². The molecule has 0 aromatic carbocycles. The summed E-state index contributed by atoms with van der Waals surface area (Å²) in [7, 11) is 0. The SMILES string of the molecule is C=C(CC[C@@H](C(=O)O)[C@H]1[C@H](O)C[C@@]2(C)C(CC)C(C(C)(C)[C@@H](C)C(C)(C)C(O)CC)=CC[C@]12C)C(C)C. The van der Waals surface area contributed by atoms with Crippen molar-refractivity contribution in [3.8, 4) is 0 Å². The van der Waals surface area contributed by atoms with Gasteiger partial charge < -0.3 is 15.3 Å². The van der Waals surface area contributed by atoms with E-state index >= 15 is 0 Å². The fourth-order valence-corrected chi connectivity index (χ4v) is 8.49. The molecule has 0 aromatic heterocycles. The van der Waals surface area contributed by atoms with Gasteiger partial charge >= 0.3 is 5.97 Å². The largest absolute Gasteiger partial charge is 0.481 e. The van der Waals surface area contributed by atoms with Crippen LogP contribution in [0.3, 0.4) is 0 Å². The van der Waals surface area contributed by atoms with Gasteiger partial charge in [0.2, 0.25) is 0 Å². The molecule has 2 rings (SSSR count). The minimum absolute atomic E-state index is 0.144. The molecule has 0 heterocycles. The van der Waals surface area contributed by atoms with E-state index in [-0.39, 0.29) is 45.5 Å². The first-order valence-electron chi connectivity index (χ1n) is 14.8. The van der Waals surface area contributed by atoms with Crippen LogP contribution in [0.1, 0.15) is 115 Å². The number of aliphatic hydroxyl groups excluding tert-OH is 2. The second kappa shape index (κ2) is 11.2. The van der Waals surface area contributed by atoms with Gasteiger partial charge in [0.15, 0.2) is 0 Å². The highest BCUT2D eigenvalue weighted by atomic mass is 16.4. The van der Waals surface area contributed by atoms with Gasteiger partial charge in [0.25, 0.3) is 0 Å². The summed E-state index contributed by atoms with van der Waals surface area (Å²) in [4.78, 5) is 12.6. The van der Waals surface area contributed by atoms with Gasteiger partial charge in [-0.2, -0.15) is 0 Å². The summed E-state index contributed by atoms with van der Waals surface area (Å²) < 4.78 is 0. The van der Waals surface area contributed by atoms with Gasteiger partial charge in [-0.25, -0.2) is 0 Å². The molecule has 3 N–H and O–H groups in total. The Morgan fingerprint density at radius 1 is 1.14 bits per heavy atom. The van der Waals surface area contributed by atoms with Gasteiger partial charge in [-0.15, -0.1) is 0 Å². The molecule has 0 amide bonds. The molecule has 214 valence electrons. The van der Waals surface area contributed by atoms with Crippen LogP contribution in [0.4, 0.5) is 0 Å². The molecule has 1 fully saturated rings. The van der Waals surface area contributed by atoms with E-state index in [4.69, 9.17) is 0 Å². The third-order valence-corrected chi connectivity index (χ3v) is 11.9. The summed E-state index contributed by atoms with van der Waals surface area (Å²) in [6.07, 6.45) is 5.69. The Bertz CT molecular complexity index is 868. The van der Waals surface area contributed by atoms with Crippen molar-refractivity contribution < 1.29 is 20.1 Å². The predicted molar refractivity (Wildman–Crippen MR) is 154 cm³/mol. The van der Waals surface area contributed by atoms with Crippen LogP contribution >= 0.6 is 0 Å². The number of rotatable bonds is 12. The lowest BCUT2D eigenvalue weighted by atomic mass is 9.47. The highest BCUT2D eigenvalue weighted by Gasteiger charge is 2.65. The molecule has 2 aliphatic rings. The maximum atomic E-state index is 12.6. The Hall–Kier alpha value is -1.13. The van der Waals surface area contributed by atoms with Crippen LogP contribution in [0.5, 0.6) is 0 Å². The van der Waals surface area contributed by atoms with Crippen LogP contribution < -0.4 is 0 Å². The fourth-order valence-electron chi connectivity index (χ4n) is 8.49. The minimum Gasteiger partial charge on any atom is -0.481 e. The number of hydrogen-bond acceptors (Lipinski definition) is 3. The zero-order valence-electron chi connectivity index (χ0n) is 25.8. The van der Waals surface area contributed by atoms with Gasteiger partial charge in [-0.1, -0.05) is 100.0 Å². The Labute approximate surface area is 228 Å². The molecule has 37 heavy (non-hydrogen) atoms. The standard InChI is InChI=1S/C33H58O4/c1-13-24-25(30(7,8)22(6)31(9,10)27(35)14-2)17-18-32(11)28(26(34)19-33(24,32)12)23(29(36)37)16-15-21(5)20(3)4/h17,20,22-24,26-28,34-35H,5,13-16,18-19H2,1-4,6-12H3,(H,36,37)/t22-,23-,24?,26-,27?,28+,32-,33+/m1/s1. The van der Waals surface area contributed by atoms with Gasteiger partial charge in [0.05, 0.1) is 18.1 Å². The zero-order valence-corrected chi connectivity index (χ0v) is 25.8. The van der Waals surface area contributed by atoms with Gasteiger partial charge in [0.1, 0.15) is 0 Å². The number of hydrogen-bond donors (Lipinski definition) is 3. The molecular weight excluding hydrogens is 460 g/mol. The van der Waals surface area contributed by atoms with Crippen molar-refractivity contribution in [3.63, 3.8) is 0 Å². The second-order valence-corrected chi connectivity index (χ2v) is 14.4. The summed E-state index contributed by atoms with van der Waals surface area (Å²) in [5.74, 6) is -0.862. The lowest BCUT2D eigenvalue weighted by Crippen LogP contribution is -2.51. The van der Waals surface area contributed by atoms with Crippen molar-refractivity contribution >= 4 is 5.97 Å². The van der Waals surface area contributed by atoms with E-state index in [0.29, 0.717) is 25.2 Å². The Kier molecular flexibility index (Phi) is 9.68. The van der Waals surface area contributed by atoms with Crippen LogP contribution in [0, 0.1) is 51.2 Å². The van der Waals surface area contributed by atoms with Gasteiger partial charge in [-0.05, 0) is 77.9 Å². The molecule has 2 aliphatic carbocycles. The van der Waals surface area contributed by atoms with E-state index in [9.17, 15) is 20.1 Å². The molecule has 0 aromatic rings. The molecule has 0 aliphatic heterocycles. The van der Waals surface area contributed by atoms with Crippen molar-refractivity contribution in [3.05, 3.63) is 23.8 Å². The van der Waals surface area contributed by atoms with Crippen molar-refractivity contribution in [2.45, 2.75) is 127 Å². The molecule has 0 bridgehead atoms. The van der Waals surface area contributed by atoms with Crippen molar-refractivity contribution in [2.24, 2.45) is 51.2 Å². The number of fused-ring (bicyclic) bond motifs is 1. The third kappa shape index (κ3) is 5.36. The quantitative estimate of drug-likeness (QED) is 0.230. The van der Waals surface area contributed by atoms with Crippen LogP contribution in [0.25, 0.3) is 0 Å². The van der Waals surface area contributed by atoms with Crippen LogP contribution in [0.2, 0.25) is 0 Å². The smallest absolute Gasteiger partial charge is 0.306 e. The molecule has 0 spiro atoms. The molecule has 1 saturated carbocycles. The highest BCUT2D eigenvalue weighted by Crippen LogP contribution is 2.69. The molecule has 2 unspecified atom stereocenters. The van der Waals surface area contributed by atoms with Crippen molar-refractivity contribution in [1.82, 2.24) is 0 Å².